The molecule has 102 valence electrons. The number of nitrogens with one attached hydrogen (secondary N) is 1. The van der Waals surface area contributed by atoms with E-state index in [2.05, 4.69) is 12.2 Å². The molecule has 2 aromatic rings. The lowest BCUT2D eigenvalue weighted by molar-refractivity contribution is -0.384. The molecular formula is C12H15N3O4. The highest BCUT2D eigenvalue weighted by Crippen LogP contribution is 2.19. The molecule has 7 nitrogen and oxygen atoms in total. The number of hydrogen-bond acceptors (Lipinski definition) is 5. The van der Waals surface area contributed by atoms with Crippen LogP contribution in [0.4, 0.5) is 5.69 Å². The molecule has 0 saturated heterocycles. The summed E-state index contributed by atoms with van der Waals surface area (Å²) in [5.74, 6) is -0.492. The summed E-state index contributed by atoms with van der Waals surface area (Å²) in [4.78, 5) is 21.9. The van der Waals surface area contributed by atoms with Crippen LogP contribution in [0.25, 0.3) is 11.1 Å². The van der Waals surface area contributed by atoms with Crippen LogP contribution in [0.2, 0.25) is 0 Å². The average molecular weight is 265 g/mol. The summed E-state index contributed by atoms with van der Waals surface area (Å²) in [7, 11) is 0. The minimum Gasteiger partial charge on any atom is -0.408 e. The topological polar surface area (TPSA) is 90.3 Å². The van der Waals surface area contributed by atoms with E-state index >= 15 is 0 Å². The van der Waals surface area contributed by atoms with Gasteiger partial charge in [0, 0.05) is 25.2 Å². The zero-order valence-corrected chi connectivity index (χ0v) is 10.6. The first-order chi connectivity index (χ1) is 9.13. The minimum absolute atomic E-state index is 0.0523. The van der Waals surface area contributed by atoms with Crippen molar-refractivity contribution >= 4 is 16.8 Å². The number of nitrogens with zero attached hydrogens (tertiary/aromatic N) is 2. The normalized spacial score (nSPS) is 11.0. The predicted molar refractivity (Wildman–Crippen MR) is 70.3 cm³/mol. The number of nitro benzene ring substituents is 1. The zero-order valence-electron chi connectivity index (χ0n) is 10.6. The Kier molecular flexibility index (Phi) is 3.96. The van der Waals surface area contributed by atoms with Gasteiger partial charge in [0.2, 0.25) is 0 Å². The number of hydrogen-bond donors (Lipinski definition) is 1. The van der Waals surface area contributed by atoms with Crippen molar-refractivity contribution in [3.05, 3.63) is 38.9 Å². The van der Waals surface area contributed by atoms with Crippen LogP contribution in [0, 0.1) is 10.1 Å². The van der Waals surface area contributed by atoms with E-state index in [1.807, 2.05) is 0 Å². The SMILES string of the molecule is CCCNCCn1c(=O)oc2ccc([N+](=O)[O-])cc21. The fraction of sp³-hybridized carbons (Fsp3) is 0.417. The van der Waals surface area contributed by atoms with Gasteiger partial charge in [-0.15, -0.1) is 0 Å². The predicted octanol–water partition coefficient (Wildman–Crippen LogP) is 1.50. The quantitative estimate of drug-likeness (QED) is 0.485. The van der Waals surface area contributed by atoms with Gasteiger partial charge in [-0.3, -0.25) is 14.7 Å². The van der Waals surface area contributed by atoms with Gasteiger partial charge in [0.05, 0.1) is 10.4 Å². The Morgan fingerprint density at radius 3 is 2.89 bits per heavy atom. The fourth-order valence-corrected chi connectivity index (χ4v) is 1.87. The zero-order chi connectivity index (χ0) is 13.8. The van der Waals surface area contributed by atoms with Gasteiger partial charge >= 0.3 is 5.76 Å². The Balaban J connectivity index is 2.30. The average Bonchev–Trinajstić information content (AvgIpc) is 2.70. The van der Waals surface area contributed by atoms with Gasteiger partial charge in [0.1, 0.15) is 0 Å². The second-order valence-corrected chi connectivity index (χ2v) is 4.18. The molecule has 0 aliphatic heterocycles. The molecule has 0 atom stereocenters. The summed E-state index contributed by atoms with van der Waals surface area (Å²) in [5.41, 5.74) is 0.771. The summed E-state index contributed by atoms with van der Waals surface area (Å²) in [6.45, 7) is 3.96. The molecule has 0 aliphatic carbocycles. The van der Waals surface area contributed by atoms with E-state index in [0.29, 0.717) is 24.2 Å². The minimum atomic E-state index is -0.492. The van der Waals surface area contributed by atoms with Crippen molar-refractivity contribution in [3.63, 3.8) is 0 Å². The summed E-state index contributed by atoms with van der Waals surface area (Å²) >= 11 is 0. The molecule has 0 saturated carbocycles. The second-order valence-electron chi connectivity index (χ2n) is 4.18. The molecule has 1 N–H and O–H groups in total. The maximum atomic E-state index is 11.7. The third-order valence-corrected chi connectivity index (χ3v) is 2.80. The first-order valence-corrected chi connectivity index (χ1v) is 6.12. The number of nitro groups is 1. The Bertz CT molecular complexity index is 644. The molecule has 1 heterocycles. The van der Waals surface area contributed by atoms with Crippen LogP contribution in [0.15, 0.2) is 27.4 Å². The van der Waals surface area contributed by atoms with Gasteiger partial charge in [-0.25, -0.2) is 4.79 Å². The van der Waals surface area contributed by atoms with Gasteiger partial charge in [-0.2, -0.15) is 0 Å². The highest BCUT2D eigenvalue weighted by atomic mass is 16.6. The van der Waals surface area contributed by atoms with Crippen molar-refractivity contribution in [1.29, 1.82) is 0 Å². The second kappa shape index (κ2) is 5.66. The van der Waals surface area contributed by atoms with E-state index in [9.17, 15) is 14.9 Å². The van der Waals surface area contributed by atoms with Crippen molar-refractivity contribution < 1.29 is 9.34 Å². The number of rotatable bonds is 6. The maximum Gasteiger partial charge on any atom is 0.419 e. The number of oxazole rings is 1. The molecule has 2 rings (SSSR count). The molecule has 0 aliphatic rings. The van der Waals surface area contributed by atoms with Crippen molar-refractivity contribution in [3.8, 4) is 0 Å². The van der Waals surface area contributed by atoms with Crippen molar-refractivity contribution in [2.24, 2.45) is 0 Å². The number of fused-ring (bicyclic) bond motifs is 1. The Morgan fingerprint density at radius 2 is 2.21 bits per heavy atom. The third-order valence-electron chi connectivity index (χ3n) is 2.80. The van der Waals surface area contributed by atoms with E-state index < -0.39 is 10.7 Å². The van der Waals surface area contributed by atoms with E-state index in [-0.39, 0.29) is 5.69 Å². The molecule has 0 radical (unpaired) electrons. The smallest absolute Gasteiger partial charge is 0.408 e. The van der Waals surface area contributed by atoms with E-state index in [1.165, 1.54) is 22.8 Å². The van der Waals surface area contributed by atoms with Gasteiger partial charge in [0.15, 0.2) is 5.58 Å². The van der Waals surface area contributed by atoms with Crippen LogP contribution in [0.5, 0.6) is 0 Å². The van der Waals surface area contributed by atoms with Gasteiger partial charge in [-0.1, -0.05) is 6.92 Å². The van der Waals surface area contributed by atoms with E-state index in [4.69, 9.17) is 4.42 Å². The van der Waals surface area contributed by atoms with Crippen LogP contribution in [0.1, 0.15) is 13.3 Å². The lowest BCUT2D eigenvalue weighted by atomic mass is 10.3. The highest BCUT2D eigenvalue weighted by molar-refractivity contribution is 5.75. The molecule has 1 aromatic heterocycles. The lowest BCUT2D eigenvalue weighted by Gasteiger charge is -2.03. The van der Waals surface area contributed by atoms with Crippen molar-refractivity contribution in [2.45, 2.75) is 19.9 Å². The van der Waals surface area contributed by atoms with Crippen LogP contribution in [-0.2, 0) is 6.54 Å². The highest BCUT2D eigenvalue weighted by Gasteiger charge is 2.13. The summed E-state index contributed by atoms with van der Waals surface area (Å²) in [6, 6.07) is 4.13. The standard InChI is InChI=1S/C12H15N3O4/c1-2-5-13-6-7-14-10-8-9(15(17)18)3-4-11(10)19-12(14)16/h3-4,8,13H,2,5-7H2,1H3. The fourth-order valence-electron chi connectivity index (χ4n) is 1.87. The lowest BCUT2D eigenvalue weighted by Crippen LogP contribution is -2.24. The molecule has 7 heteroatoms. The van der Waals surface area contributed by atoms with E-state index in [0.717, 1.165) is 13.0 Å². The summed E-state index contributed by atoms with van der Waals surface area (Å²) < 4.78 is 6.46. The monoisotopic (exact) mass is 265 g/mol. The Morgan fingerprint density at radius 1 is 1.42 bits per heavy atom. The summed E-state index contributed by atoms with van der Waals surface area (Å²) in [5, 5.41) is 13.9. The molecule has 0 amide bonds. The molecular weight excluding hydrogens is 250 g/mol. The van der Waals surface area contributed by atoms with Gasteiger partial charge < -0.3 is 9.73 Å². The Hall–Kier alpha value is -2.15. The Labute approximate surface area is 109 Å². The first kappa shape index (κ1) is 13.3. The van der Waals surface area contributed by atoms with Gasteiger partial charge in [-0.05, 0) is 19.0 Å². The molecule has 0 unspecified atom stereocenters. The molecule has 0 fully saturated rings. The van der Waals surface area contributed by atoms with Crippen molar-refractivity contribution in [2.75, 3.05) is 13.1 Å². The molecule has 1 aromatic carbocycles. The summed E-state index contributed by atoms with van der Waals surface area (Å²) in [6.07, 6.45) is 1.01. The molecule has 0 bridgehead atoms. The maximum absolute atomic E-state index is 11.7. The number of benzene rings is 1. The van der Waals surface area contributed by atoms with E-state index in [1.54, 1.807) is 0 Å². The molecule has 0 spiro atoms. The number of aromatic nitrogens is 1. The largest absolute Gasteiger partial charge is 0.419 e. The van der Waals surface area contributed by atoms with Crippen molar-refractivity contribution in [1.82, 2.24) is 9.88 Å². The first-order valence-electron chi connectivity index (χ1n) is 6.12. The molecule has 19 heavy (non-hydrogen) atoms. The number of non-ortho nitro benzene ring substituents is 1. The van der Waals surface area contributed by atoms with Crippen LogP contribution >= 0.6 is 0 Å². The van der Waals surface area contributed by atoms with Gasteiger partial charge in [0.25, 0.3) is 5.69 Å². The van der Waals surface area contributed by atoms with Crippen LogP contribution in [-0.4, -0.2) is 22.6 Å². The van der Waals surface area contributed by atoms with Crippen LogP contribution < -0.4 is 11.1 Å². The third kappa shape index (κ3) is 2.82. The van der Waals surface area contributed by atoms with Crippen LogP contribution in [0.3, 0.4) is 0 Å².